The minimum Gasteiger partial charge on any atom is -0.478 e. The Morgan fingerprint density at radius 2 is 1.30 bits per heavy atom. The molecule has 1 unspecified atom stereocenters. The number of carboxylic acid groups (broad SMARTS) is 2. The van der Waals surface area contributed by atoms with Crippen LogP contribution in [0.15, 0.2) is 103 Å². The number of ether oxygens (including phenoxy) is 1. The van der Waals surface area contributed by atoms with Crippen molar-refractivity contribution in [2.75, 3.05) is 45.9 Å². The molecule has 1 saturated heterocycles. The van der Waals surface area contributed by atoms with Crippen molar-refractivity contribution in [1.29, 1.82) is 0 Å². The molecule has 0 spiro atoms. The largest absolute Gasteiger partial charge is 0.478 e. The van der Waals surface area contributed by atoms with Gasteiger partial charge in [-0.25, -0.2) is 9.59 Å². The van der Waals surface area contributed by atoms with Crippen molar-refractivity contribution in [1.82, 2.24) is 9.80 Å². The molecule has 2 N–H and O–H groups in total. The van der Waals surface area contributed by atoms with Crippen LogP contribution < -0.4 is 0 Å². The Balaban J connectivity index is 0.000000482. The highest BCUT2D eigenvalue weighted by molar-refractivity contribution is 5.89. The SMILES string of the molecule is Cc1ccc(C(OCCN2CCN(CC=Cc3ccccc3)CC2)c2ccccc2)cc1.O=C(O)/C=C\C(=O)O. The van der Waals surface area contributed by atoms with E-state index >= 15 is 0 Å². The van der Waals surface area contributed by atoms with Crippen LogP contribution in [0.25, 0.3) is 6.08 Å². The van der Waals surface area contributed by atoms with Gasteiger partial charge in [-0.3, -0.25) is 9.80 Å². The first-order valence-electron chi connectivity index (χ1n) is 13.4. The predicted molar refractivity (Wildman–Crippen MR) is 158 cm³/mol. The average molecular weight is 543 g/mol. The lowest BCUT2D eigenvalue weighted by Crippen LogP contribution is -2.47. The Morgan fingerprint density at radius 1 is 0.775 bits per heavy atom. The number of aryl methyl sites for hydroxylation is 1. The minimum atomic E-state index is -1.26. The van der Waals surface area contributed by atoms with Gasteiger partial charge in [-0.05, 0) is 23.6 Å². The van der Waals surface area contributed by atoms with Crippen LogP contribution in [0, 0.1) is 6.92 Å². The van der Waals surface area contributed by atoms with E-state index in [1.807, 2.05) is 0 Å². The van der Waals surface area contributed by atoms with Gasteiger partial charge in [-0.15, -0.1) is 0 Å². The molecule has 4 rings (SSSR count). The number of aliphatic carboxylic acids is 2. The summed E-state index contributed by atoms with van der Waals surface area (Å²) in [6.45, 7) is 9.27. The Morgan fingerprint density at radius 3 is 1.88 bits per heavy atom. The summed E-state index contributed by atoms with van der Waals surface area (Å²) in [5.41, 5.74) is 4.98. The van der Waals surface area contributed by atoms with Gasteiger partial charge in [-0.2, -0.15) is 0 Å². The summed E-state index contributed by atoms with van der Waals surface area (Å²) < 4.78 is 6.43. The molecule has 7 nitrogen and oxygen atoms in total. The van der Waals surface area contributed by atoms with E-state index in [0.717, 1.165) is 45.9 Å². The third kappa shape index (κ3) is 11.4. The highest BCUT2D eigenvalue weighted by Crippen LogP contribution is 2.26. The van der Waals surface area contributed by atoms with E-state index in [4.69, 9.17) is 14.9 Å². The van der Waals surface area contributed by atoms with E-state index in [9.17, 15) is 9.59 Å². The van der Waals surface area contributed by atoms with Crippen molar-refractivity contribution in [2.24, 2.45) is 0 Å². The van der Waals surface area contributed by atoms with Gasteiger partial charge >= 0.3 is 11.9 Å². The third-order valence-electron chi connectivity index (χ3n) is 6.48. The Bertz CT molecular complexity index is 1200. The number of carboxylic acids is 2. The zero-order chi connectivity index (χ0) is 28.6. The number of benzene rings is 3. The molecule has 40 heavy (non-hydrogen) atoms. The van der Waals surface area contributed by atoms with Crippen LogP contribution in [-0.2, 0) is 14.3 Å². The van der Waals surface area contributed by atoms with E-state index in [1.54, 1.807) is 0 Å². The highest BCUT2D eigenvalue weighted by atomic mass is 16.5. The first-order chi connectivity index (χ1) is 19.4. The molecule has 0 radical (unpaired) electrons. The van der Waals surface area contributed by atoms with Gasteiger partial charge in [0.1, 0.15) is 6.10 Å². The zero-order valence-electron chi connectivity index (χ0n) is 22.9. The average Bonchev–Trinajstić information content (AvgIpc) is 2.97. The van der Waals surface area contributed by atoms with Crippen LogP contribution in [0.2, 0.25) is 0 Å². The number of piperazine rings is 1. The van der Waals surface area contributed by atoms with Gasteiger partial charge in [0, 0.05) is 51.4 Å². The molecule has 1 atom stereocenters. The zero-order valence-corrected chi connectivity index (χ0v) is 22.9. The number of hydrogen-bond acceptors (Lipinski definition) is 5. The molecule has 0 saturated carbocycles. The fourth-order valence-corrected chi connectivity index (χ4v) is 4.29. The second-order valence-electron chi connectivity index (χ2n) is 9.54. The summed E-state index contributed by atoms with van der Waals surface area (Å²) in [7, 11) is 0. The number of hydrogen-bond donors (Lipinski definition) is 2. The van der Waals surface area contributed by atoms with Crippen molar-refractivity contribution < 1.29 is 24.5 Å². The molecule has 3 aromatic carbocycles. The Hall–Kier alpha value is -4.04. The maximum absolute atomic E-state index is 9.55. The fourth-order valence-electron chi connectivity index (χ4n) is 4.29. The number of carbonyl (C=O) groups is 2. The van der Waals surface area contributed by atoms with Crippen molar-refractivity contribution in [3.8, 4) is 0 Å². The van der Waals surface area contributed by atoms with Crippen LogP contribution in [-0.4, -0.2) is 77.8 Å². The molecule has 7 heteroatoms. The molecule has 3 aromatic rings. The smallest absolute Gasteiger partial charge is 0.328 e. The molecular formula is C33H38N2O5. The van der Waals surface area contributed by atoms with Crippen LogP contribution in [0.5, 0.6) is 0 Å². The Labute approximate surface area is 236 Å². The normalized spacial score (nSPS) is 15.0. The molecule has 0 bridgehead atoms. The molecule has 0 amide bonds. The van der Waals surface area contributed by atoms with Crippen molar-refractivity contribution in [2.45, 2.75) is 13.0 Å². The summed E-state index contributed by atoms with van der Waals surface area (Å²) >= 11 is 0. The first-order valence-corrected chi connectivity index (χ1v) is 13.4. The van der Waals surface area contributed by atoms with E-state index < -0.39 is 11.9 Å². The predicted octanol–water partition coefficient (Wildman–Crippen LogP) is 5.14. The van der Waals surface area contributed by atoms with Gasteiger partial charge < -0.3 is 14.9 Å². The van der Waals surface area contributed by atoms with Crippen LogP contribution >= 0.6 is 0 Å². The maximum Gasteiger partial charge on any atom is 0.328 e. The molecule has 0 aliphatic carbocycles. The Kier molecular flexibility index (Phi) is 12.8. The summed E-state index contributed by atoms with van der Waals surface area (Å²) in [6.07, 6.45) is 5.60. The second-order valence-corrected chi connectivity index (χ2v) is 9.54. The molecule has 0 aromatic heterocycles. The molecule has 1 heterocycles. The van der Waals surface area contributed by atoms with Crippen molar-refractivity contribution in [3.05, 3.63) is 125 Å². The van der Waals surface area contributed by atoms with E-state index in [-0.39, 0.29) is 6.10 Å². The highest BCUT2D eigenvalue weighted by Gasteiger charge is 2.18. The maximum atomic E-state index is 9.55. The van der Waals surface area contributed by atoms with E-state index in [2.05, 4.69) is 114 Å². The van der Waals surface area contributed by atoms with E-state index in [1.165, 1.54) is 22.3 Å². The third-order valence-corrected chi connectivity index (χ3v) is 6.48. The van der Waals surface area contributed by atoms with Gasteiger partial charge in [-0.1, -0.05) is 103 Å². The topological polar surface area (TPSA) is 90.3 Å². The van der Waals surface area contributed by atoms with Crippen LogP contribution in [0.3, 0.4) is 0 Å². The van der Waals surface area contributed by atoms with E-state index in [0.29, 0.717) is 12.2 Å². The van der Waals surface area contributed by atoms with Gasteiger partial charge in [0.25, 0.3) is 0 Å². The number of nitrogens with zero attached hydrogens (tertiary/aromatic N) is 2. The lowest BCUT2D eigenvalue weighted by molar-refractivity contribution is -0.134. The van der Waals surface area contributed by atoms with Gasteiger partial charge in [0.05, 0.1) is 6.61 Å². The summed E-state index contributed by atoms with van der Waals surface area (Å²) in [5.74, 6) is -2.51. The lowest BCUT2D eigenvalue weighted by Gasteiger charge is -2.34. The first kappa shape index (κ1) is 30.5. The monoisotopic (exact) mass is 542 g/mol. The molecule has 1 aliphatic rings. The molecule has 210 valence electrons. The minimum absolute atomic E-state index is 0.0128. The summed E-state index contributed by atoms with van der Waals surface area (Å²) in [5, 5.41) is 15.6. The van der Waals surface area contributed by atoms with Gasteiger partial charge in [0.2, 0.25) is 0 Å². The van der Waals surface area contributed by atoms with Gasteiger partial charge in [0.15, 0.2) is 0 Å². The van der Waals surface area contributed by atoms with Crippen molar-refractivity contribution in [3.63, 3.8) is 0 Å². The molecule has 1 aliphatic heterocycles. The molecular weight excluding hydrogens is 504 g/mol. The summed E-state index contributed by atoms with van der Waals surface area (Å²) in [4.78, 5) is 24.2. The quantitative estimate of drug-likeness (QED) is 0.324. The second kappa shape index (κ2) is 16.8. The van der Waals surface area contributed by atoms with Crippen LogP contribution in [0.1, 0.15) is 28.4 Å². The van der Waals surface area contributed by atoms with Crippen LogP contribution in [0.4, 0.5) is 0 Å². The standard InChI is InChI=1S/C29H34N2O.C4H4O4/c1-25-14-16-28(17-15-25)29(27-12-6-3-7-13-27)32-24-23-31-21-19-30(20-22-31)18-8-11-26-9-4-2-5-10-26;5-3(6)1-2-4(7)8/h2-17,29H,18-24H2,1H3;1-2H,(H,5,6)(H,7,8)/b;2-1-. The fraction of sp³-hybridized carbons (Fsp3) is 0.273. The summed E-state index contributed by atoms with van der Waals surface area (Å²) in [6, 6.07) is 29.8. The lowest BCUT2D eigenvalue weighted by atomic mass is 10.0. The number of rotatable bonds is 11. The van der Waals surface area contributed by atoms with Crippen molar-refractivity contribution >= 4 is 18.0 Å². The molecule has 1 fully saturated rings.